The minimum atomic E-state index is -4.40. The molecule has 2 aromatic heterocycles. The number of carboxylic acid groups (broad SMARTS) is 1. The number of aromatic carboxylic acids is 1. The van der Waals surface area contributed by atoms with Gasteiger partial charge in [0.05, 0.1) is 5.56 Å². The Hall–Kier alpha value is -3.17. The summed E-state index contributed by atoms with van der Waals surface area (Å²) in [6.07, 6.45) is -2.55. The van der Waals surface area contributed by atoms with E-state index in [0.29, 0.717) is 29.7 Å². The Morgan fingerprint density at radius 3 is 2.60 bits per heavy atom. The van der Waals surface area contributed by atoms with Gasteiger partial charge < -0.3 is 9.63 Å². The molecule has 4 rings (SSSR count). The standard InChI is InChI=1S/C20H19F3N4O3/c1-19(2)8-7-13-14(9-19)27(10-20(21,22)23)25-15(13)17-24-16(26-30-17)11-3-5-12(6-4-11)18(28)29/h3-6H,7-10H2,1-2H3,(H,28,29). The van der Waals surface area contributed by atoms with Gasteiger partial charge in [0.1, 0.15) is 6.54 Å². The first-order valence-electron chi connectivity index (χ1n) is 9.35. The molecular weight excluding hydrogens is 401 g/mol. The van der Waals surface area contributed by atoms with Gasteiger partial charge in [0.15, 0.2) is 5.69 Å². The largest absolute Gasteiger partial charge is 0.478 e. The van der Waals surface area contributed by atoms with Gasteiger partial charge in [-0.15, -0.1) is 0 Å². The molecule has 0 spiro atoms. The third-order valence-electron chi connectivity index (χ3n) is 5.21. The van der Waals surface area contributed by atoms with E-state index in [1.807, 2.05) is 13.8 Å². The smallest absolute Gasteiger partial charge is 0.408 e. The van der Waals surface area contributed by atoms with Gasteiger partial charge in [-0.3, -0.25) is 4.68 Å². The Kier molecular flexibility index (Phi) is 4.67. The van der Waals surface area contributed by atoms with E-state index < -0.39 is 18.7 Å². The van der Waals surface area contributed by atoms with E-state index in [-0.39, 0.29) is 28.4 Å². The number of carbonyl (C=O) groups is 1. The van der Waals surface area contributed by atoms with Crippen molar-refractivity contribution < 1.29 is 27.6 Å². The second-order valence-electron chi connectivity index (χ2n) is 8.19. The molecule has 0 amide bonds. The number of hydrogen-bond acceptors (Lipinski definition) is 5. The third-order valence-corrected chi connectivity index (χ3v) is 5.21. The molecule has 1 aromatic carbocycles. The number of aromatic nitrogens is 4. The van der Waals surface area contributed by atoms with Crippen LogP contribution in [0.1, 0.15) is 41.9 Å². The maximum atomic E-state index is 13.1. The van der Waals surface area contributed by atoms with Gasteiger partial charge in [-0.05, 0) is 36.8 Å². The van der Waals surface area contributed by atoms with Crippen LogP contribution in [0.2, 0.25) is 0 Å². The molecule has 0 saturated heterocycles. The van der Waals surface area contributed by atoms with Crippen LogP contribution in [0.15, 0.2) is 28.8 Å². The zero-order valence-corrected chi connectivity index (χ0v) is 16.3. The zero-order chi connectivity index (χ0) is 21.7. The van der Waals surface area contributed by atoms with E-state index in [9.17, 15) is 18.0 Å². The number of alkyl halides is 3. The molecule has 158 valence electrons. The first kappa shape index (κ1) is 20.1. The van der Waals surface area contributed by atoms with E-state index in [1.54, 1.807) is 12.1 Å². The van der Waals surface area contributed by atoms with Crippen molar-refractivity contribution in [3.63, 3.8) is 0 Å². The fraction of sp³-hybridized carbons (Fsp3) is 0.400. The van der Waals surface area contributed by atoms with E-state index in [1.165, 1.54) is 12.1 Å². The highest BCUT2D eigenvalue weighted by molar-refractivity contribution is 5.88. The lowest BCUT2D eigenvalue weighted by molar-refractivity contribution is -0.143. The van der Waals surface area contributed by atoms with Crippen molar-refractivity contribution in [1.29, 1.82) is 0 Å². The average Bonchev–Trinajstić information content (AvgIpc) is 3.25. The van der Waals surface area contributed by atoms with Crippen LogP contribution >= 0.6 is 0 Å². The van der Waals surface area contributed by atoms with Gasteiger partial charge >= 0.3 is 12.1 Å². The SMILES string of the molecule is CC1(C)CCc2c(-c3nc(-c4ccc(C(=O)O)cc4)no3)nn(CC(F)(F)F)c2C1. The fourth-order valence-electron chi connectivity index (χ4n) is 3.67. The number of halogens is 3. The summed E-state index contributed by atoms with van der Waals surface area (Å²) in [4.78, 5) is 15.3. The number of rotatable bonds is 4. The van der Waals surface area contributed by atoms with E-state index in [2.05, 4.69) is 15.2 Å². The first-order chi connectivity index (χ1) is 14.0. The van der Waals surface area contributed by atoms with E-state index >= 15 is 0 Å². The molecule has 1 aliphatic carbocycles. The summed E-state index contributed by atoms with van der Waals surface area (Å²) in [5, 5.41) is 17.1. The monoisotopic (exact) mass is 420 g/mol. The fourth-order valence-corrected chi connectivity index (χ4v) is 3.67. The second-order valence-corrected chi connectivity index (χ2v) is 8.19. The third kappa shape index (κ3) is 3.94. The van der Waals surface area contributed by atoms with Gasteiger partial charge in [0.2, 0.25) is 5.82 Å². The normalized spacial score (nSPS) is 15.8. The Morgan fingerprint density at radius 2 is 1.97 bits per heavy atom. The van der Waals surface area contributed by atoms with Crippen molar-refractivity contribution in [3.05, 3.63) is 41.1 Å². The summed E-state index contributed by atoms with van der Waals surface area (Å²) in [6, 6.07) is 5.90. The lowest BCUT2D eigenvalue weighted by Crippen LogP contribution is -2.27. The topological polar surface area (TPSA) is 94.0 Å². The summed E-state index contributed by atoms with van der Waals surface area (Å²) in [7, 11) is 0. The number of benzene rings is 1. The number of fused-ring (bicyclic) bond motifs is 1. The van der Waals surface area contributed by atoms with Crippen molar-refractivity contribution in [2.24, 2.45) is 5.41 Å². The molecule has 0 fully saturated rings. The number of nitrogens with zero attached hydrogens (tertiary/aromatic N) is 4. The predicted octanol–water partition coefficient (Wildman–Crippen LogP) is 4.38. The van der Waals surface area contributed by atoms with Crippen LogP contribution in [-0.4, -0.2) is 37.2 Å². The van der Waals surface area contributed by atoms with Crippen molar-refractivity contribution in [1.82, 2.24) is 19.9 Å². The van der Waals surface area contributed by atoms with Crippen LogP contribution in [0.4, 0.5) is 13.2 Å². The summed E-state index contributed by atoms with van der Waals surface area (Å²) in [5.74, 6) is -0.804. The Bertz CT molecular complexity index is 1100. The van der Waals surface area contributed by atoms with Gasteiger partial charge in [-0.25, -0.2) is 4.79 Å². The maximum Gasteiger partial charge on any atom is 0.408 e. The summed E-state index contributed by atoms with van der Waals surface area (Å²) < 4.78 is 45.5. The molecule has 0 atom stereocenters. The lowest BCUT2D eigenvalue weighted by atomic mass is 9.76. The molecule has 10 heteroatoms. The molecule has 3 aromatic rings. The molecule has 0 radical (unpaired) electrons. The Labute approximate surface area is 169 Å². The zero-order valence-electron chi connectivity index (χ0n) is 16.3. The molecule has 7 nitrogen and oxygen atoms in total. The highest BCUT2D eigenvalue weighted by Crippen LogP contribution is 2.39. The summed E-state index contributed by atoms with van der Waals surface area (Å²) >= 11 is 0. The first-order valence-corrected chi connectivity index (χ1v) is 9.35. The van der Waals surface area contributed by atoms with Gasteiger partial charge in [-0.1, -0.05) is 31.1 Å². The van der Waals surface area contributed by atoms with Crippen molar-refractivity contribution in [2.75, 3.05) is 0 Å². The van der Waals surface area contributed by atoms with Crippen molar-refractivity contribution in [2.45, 2.75) is 45.8 Å². The summed E-state index contributed by atoms with van der Waals surface area (Å²) in [6.45, 7) is 2.86. The van der Waals surface area contributed by atoms with Gasteiger partial charge in [0.25, 0.3) is 5.89 Å². The highest BCUT2D eigenvalue weighted by Gasteiger charge is 2.36. The second kappa shape index (κ2) is 6.96. The number of carboxylic acids is 1. The Balaban J connectivity index is 1.72. The van der Waals surface area contributed by atoms with E-state index in [0.717, 1.165) is 11.1 Å². The molecule has 0 saturated carbocycles. The summed E-state index contributed by atoms with van der Waals surface area (Å²) in [5.41, 5.74) is 2.04. The van der Waals surface area contributed by atoms with Crippen LogP contribution in [0, 0.1) is 5.41 Å². The van der Waals surface area contributed by atoms with Crippen LogP contribution < -0.4 is 0 Å². The highest BCUT2D eigenvalue weighted by atomic mass is 19.4. The lowest BCUT2D eigenvalue weighted by Gasteiger charge is -2.30. The van der Waals surface area contributed by atoms with Crippen LogP contribution in [0.3, 0.4) is 0 Å². The maximum absolute atomic E-state index is 13.1. The molecule has 1 N–H and O–H groups in total. The van der Waals surface area contributed by atoms with Gasteiger partial charge in [-0.2, -0.15) is 23.3 Å². The minimum absolute atomic E-state index is 0.0455. The van der Waals surface area contributed by atoms with Crippen molar-refractivity contribution >= 4 is 5.97 Å². The quantitative estimate of drug-likeness (QED) is 0.673. The molecule has 0 aliphatic heterocycles. The molecule has 2 heterocycles. The van der Waals surface area contributed by atoms with Crippen LogP contribution in [-0.2, 0) is 19.4 Å². The van der Waals surface area contributed by atoms with Crippen molar-refractivity contribution in [3.8, 4) is 23.0 Å². The molecule has 0 unspecified atom stereocenters. The minimum Gasteiger partial charge on any atom is -0.478 e. The van der Waals surface area contributed by atoms with Crippen LogP contribution in [0.5, 0.6) is 0 Å². The van der Waals surface area contributed by atoms with E-state index in [4.69, 9.17) is 9.63 Å². The van der Waals surface area contributed by atoms with Crippen LogP contribution in [0.25, 0.3) is 23.0 Å². The Morgan fingerprint density at radius 1 is 1.27 bits per heavy atom. The molecule has 30 heavy (non-hydrogen) atoms. The number of hydrogen-bond donors (Lipinski definition) is 1. The molecule has 0 bridgehead atoms. The van der Waals surface area contributed by atoms with Gasteiger partial charge in [0, 0.05) is 16.8 Å². The molecule has 1 aliphatic rings. The average molecular weight is 420 g/mol. The molecular formula is C20H19F3N4O3. The predicted molar refractivity (Wildman–Crippen MR) is 99.8 cm³/mol.